The van der Waals surface area contributed by atoms with Gasteiger partial charge in [-0.15, -0.1) is 0 Å². The molecule has 25 heavy (non-hydrogen) atoms. The molecule has 2 heterocycles. The van der Waals surface area contributed by atoms with Gasteiger partial charge in [-0.05, 0) is 50.6 Å². The summed E-state index contributed by atoms with van der Waals surface area (Å²) in [5.41, 5.74) is 7.98. The van der Waals surface area contributed by atoms with E-state index in [4.69, 9.17) is 10.5 Å². The maximum Gasteiger partial charge on any atom is 0.253 e. The Balaban J connectivity index is 1.70. The Hall–Kier alpha value is -1.96. The quantitative estimate of drug-likeness (QED) is 0.842. The maximum absolute atomic E-state index is 12.6. The maximum atomic E-state index is 12.6. The van der Waals surface area contributed by atoms with Crippen LogP contribution in [0.1, 0.15) is 18.4 Å². The minimum atomic E-state index is -0.820. The monoisotopic (exact) mass is 346 g/mol. The third kappa shape index (κ3) is 3.84. The Morgan fingerprint density at radius 1 is 1.28 bits per heavy atom. The highest BCUT2D eigenvalue weighted by Gasteiger charge is 2.36. The van der Waals surface area contributed by atoms with E-state index in [0.717, 1.165) is 24.3 Å². The molecule has 2 aliphatic heterocycles. The van der Waals surface area contributed by atoms with Crippen LogP contribution >= 0.6 is 0 Å². The van der Waals surface area contributed by atoms with E-state index in [1.54, 1.807) is 4.90 Å². The van der Waals surface area contributed by atoms with E-state index >= 15 is 0 Å². The lowest BCUT2D eigenvalue weighted by molar-refractivity contribution is -0.125. The molecule has 1 aromatic rings. The van der Waals surface area contributed by atoms with Gasteiger partial charge in [-0.25, -0.2) is 0 Å². The lowest BCUT2D eigenvalue weighted by Gasteiger charge is -2.36. The molecule has 2 saturated heterocycles. The summed E-state index contributed by atoms with van der Waals surface area (Å²) in [6, 6.07) is 5.57. The van der Waals surface area contributed by atoms with Gasteiger partial charge in [-0.3, -0.25) is 9.59 Å². The van der Waals surface area contributed by atoms with Crippen LogP contribution in [0.25, 0.3) is 0 Å². The molecule has 136 valence electrons. The van der Waals surface area contributed by atoms with Crippen LogP contribution in [0.2, 0.25) is 0 Å². The van der Waals surface area contributed by atoms with Crippen molar-refractivity contribution >= 4 is 23.2 Å². The second-order valence-corrected chi connectivity index (χ2v) is 7.01. The molecule has 0 atom stereocenters. The van der Waals surface area contributed by atoms with Gasteiger partial charge in [0, 0.05) is 31.0 Å². The molecular formula is C18H26N4O3. The van der Waals surface area contributed by atoms with E-state index in [-0.39, 0.29) is 18.4 Å². The van der Waals surface area contributed by atoms with Crippen LogP contribution in [-0.2, 0) is 14.3 Å². The number of nitrogens with one attached hydrogen (secondary N) is 1. The highest BCUT2D eigenvalue weighted by Crippen LogP contribution is 2.26. The molecule has 1 aromatic carbocycles. The standard InChI is InChI=1S/C18H26N4O3/c1-13-11-14(3-4-15(13)22-9-10-25-12-16(22)23)20-17(24)18(19)5-7-21(2)8-6-18/h3-4,11H,5-10,12,19H2,1-2H3,(H,20,24). The van der Waals surface area contributed by atoms with Crippen LogP contribution < -0.4 is 16.0 Å². The topological polar surface area (TPSA) is 87.9 Å². The second kappa shape index (κ2) is 7.11. The van der Waals surface area contributed by atoms with Gasteiger partial charge >= 0.3 is 0 Å². The predicted molar refractivity (Wildman–Crippen MR) is 96.6 cm³/mol. The number of rotatable bonds is 3. The molecule has 2 fully saturated rings. The van der Waals surface area contributed by atoms with Crippen LogP contribution in [0.4, 0.5) is 11.4 Å². The van der Waals surface area contributed by atoms with E-state index in [0.29, 0.717) is 31.7 Å². The van der Waals surface area contributed by atoms with Crippen molar-refractivity contribution in [2.45, 2.75) is 25.3 Å². The molecule has 0 unspecified atom stereocenters. The van der Waals surface area contributed by atoms with Gasteiger partial charge in [-0.1, -0.05) is 0 Å². The zero-order valence-electron chi connectivity index (χ0n) is 14.9. The number of piperidine rings is 1. The zero-order chi connectivity index (χ0) is 18.0. The lowest BCUT2D eigenvalue weighted by atomic mass is 9.88. The number of amides is 2. The second-order valence-electron chi connectivity index (χ2n) is 7.01. The molecular weight excluding hydrogens is 320 g/mol. The first-order valence-corrected chi connectivity index (χ1v) is 8.67. The highest BCUT2D eigenvalue weighted by atomic mass is 16.5. The number of carbonyl (C=O) groups is 2. The van der Waals surface area contributed by atoms with E-state index in [1.807, 2.05) is 32.2 Å². The van der Waals surface area contributed by atoms with E-state index in [2.05, 4.69) is 10.2 Å². The van der Waals surface area contributed by atoms with Crippen molar-refractivity contribution < 1.29 is 14.3 Å². The van der Waals surface area contributed by atoms with Crippen molar-refractivity contribution in [1.82, 2.24) is 4.90 Å². The van der Waals surface area contributed by atoms with Gasteiger partial charge in [0.1, 0.15) is 6.61 Å². The number of likely N-dealkylation sites (tertiary alicyclic amines) is 1. The number of morpholine rings is 1. The van der Waals surface area contributed by atoms with Crippen molar-refractivity contribution in [1.29, 1.82) is 0 Å². The largest absolute Gasteiger partial charge is 0.370 e. The number of benzene rings is 1. The smallest absolute Gasteiger partial charge is 0.253 e. The summed E-state index contributed by atoms with van der Waals surface area (Å²) >= 11 is 0. The molecule has 3 rings (SSSR count). The first-order chi connectivity index (χ1) is 11.9. The number of ether oxygens (including phenoxy) is 1. The molecule has 2 amide bonds. The average molecular weight is 346 g/mol. The van der Waals surface area contributed by atoms with Crippen molar-refractivity contribution in [2.75, 3.05) is 50.1 Å². The molecule has 0 bridgehead atoms. The Morgan fingerprint density at radius 3 is 2.64 bits per heavy atom. The summed E-state index contributed by atoms with van der Waals surface area (Å²) in [6.45, 7) is 4.77. The van der Waals surface area contributed by atoms with Crippen molar-refractivity contribution in [2.24, 2.45) is 5.73 Å². The number of aryl methyl sites for hydroxylation is 1. The van der Waals surface area contributed by atoms with Gasteiger partial charge in [-0.2, -0.15) is 0 Å². The number of anilines is 2. The summed E-state index contributed by atoms with van der Waals surface area (Å²) in [7, 11) is 2.03. The fourth-order valence-electron chi connectivity index (χ4n) is 3.31. The summed E-state index contributed by atoms with van der Waals surface area (Å²) in [5.74, 6) is -0.187. The van der Waals surface area contributed by atoms with Gasteiger partial charge in [0.2, 0.25) is 5.91 Å². The number of nitrogens with zero attached hydrogens (tertiary/aromatic N) is 2. The SMILES string of the molecule is Cc1cc(NC(=O)C2(N)CCN(C)CC2)ccc1N1CCOCC1=O. The predicted octanol–water partition coefficient (Wildman–Crippen LogP) is 0.720. The van der Waals surface area contributed by atoms with Crippen LogP contribution in [-0.4, -0.2) is 62.1 Å². The molecule has 0 spiro atoms. The third-order valence-corrected chi connectivity index (χ3v) is 5.06. The number of carbonyl (C=O) groups excluding carboxylic acids is 2. The normalized spacial score (nSPS) is 21.2. The minimum absolute atomic E-state index is 0.0432. The summed E-state index contributed by atoms with van der Waals surface area (Å²) < 4.78 is 5.17. The van der Waals surface area contributed by atoms with E-state index in [9.17, 15) is 9.59 Å². The molecule has 0 aliphatic carbocycles. The summed E-state index contributed by atoms with van der Waals surface area (Å²) in [6.07, 6.45) is 1.29. The molecule has 2 aliphatic rings. The molecule has 0 radical (unpaired) electrons. The molecule has 7 nitrogen and oxygen atoms in total. The fourth-order valence-corrected chi connectivity index (χ4v) is 3.31. The van der Waals surface area contributed by atoms with Crippen molar-refractivity contribution in [3.05, 3.63) is 23.8 Å². The summed E-state index contributed by atoms with van der Waals surface area (Å²) in [4.78, 5) is 28.5. The van der Waals surface area contributed by atoms with Gasteiger partial charge < -0.3 is 25.6 Å². The minimum Gasteiger partial charge on any atom is -0.370 e. The van der Waals surface area contributed by atoms with Crippen LogP contribution in [0.3, 0.4) is 0 Å². The Labute approximate surface area is 148 Å². The Bertz CT molecular complexity index is 668. The zero-order valence-corrected chi connectivity index (χ0v) is 14.9. The van der Waals surface area contributed by atoms with Gasteiger partial charge in [0.25, 0.3) is 5.91 Å². The molecule has 3 N–H and O–H groups in total. The molecule has 0 aromatic heterocycles. The Morgan fingerprint density at radius 2 is 2.00 bits per heavy atom. The summed E-state index contributed by atoms with van der Waals surface area (Å²) in [5, 5.41) is 2.94. The number of hydrogen-bond donors (Lipinski definition) is 2. The van der Waals surface area contributed by atoms with Crippen LogP contribution in [0.5, 0.6) is 0 Å². The van der Waals surface area contributed by atoms with E-state index in [1.165, 1.54) is 0 Å². The first-order valence-electron chi connectivity index (χ1n) is 8.67. The molecule has 0 saturated carbocycles. The first kappa shape index (κ1) is 17.8. The third-order valence-electron chi connectivity index (χ3n) is 5.06. The van der Waals surface area contributed by atoms with Crippen LogP contribution in [0.15, 0.2) is 18.2 Å². The van der Waals surface area contributed by atoms with E-state index < -0.39 is 5.54 Å². The number of nitrogens with two attached hydrogens (primary N) is 1. The van der Waals surface area contributed by atoms with Gasteiger partial charge in [0.15, 0.2) is 0 Å². The lowest BCUT2D eigenvalue weighted by Crippen LogP contribution is -2.57. The van der Waals surface area contributed by atoms with Gasteiger partial charge in [0.05, 0.1) is 12.1 Å². The van der Waals surface area contributed by atoms with Crippen molar-refractivity contribution in [3.63, 3.8) is 0 Å². The fraction of sp³-hybridized carbons (Fsp3) is 0.556. The molecule has 7 heteroatoms. The number of hydrogen-bond acceptors (Lipinski definition) is 5. The average Bonchev–Trinajstić information content (AvgIpc) is 2.59. The Kier molecular flexibility index (Phi) is 5.08. The highest BCUT2D eigenvalue weighted by molar-refractivity contribution is 5.99. The van der Waals surface area contributed by atoms with Crippen molar-refractivity contribution in [3.8, 4) is 0 Å². The van der Waals surface area contributed by atoms with Crippen LogP contribution in [0, 0.1) is 6.92 Å².